The Morgan fingerprint density at radius 2 is 0.753 bits per heavy atom. The SMILES string of the molecule is CC/C=C\C/C=C\C/C=C\C/C=C\C/C=C\CCCCCCCCCCCCCC(=O)OC(/C=C\CCCCCCCCCCC)C(COP(=O)(O)OCC[N+](C)(C)C)NC(=O)CCCCCCCCCCCCC/C=C/CCCCCCCC. The van der Waals surface area contributed by atoms with E-state index in [9.17, 15) is 19.0 Å². The van der Waals surface area contributed by atoms with Gasteiger partial charge in [0.1, 0.15) is 19.3 Å². The minimum absolute atomic E-state index is 0.0380. The third kappa shape index (κ3) is 65.5. The minimum Gasteiger partial charge on any atom is -0.456 e. The van der Waals surface area contributed by atoms with Crippen LogP contribution in [0.25, 0.3) is 0 Å². The summed E-state index contributed by atoms with van der Waals surface area (Å²) < 4.78 is 30.8. The van der Waals surface area contributed by atoms with E-state index in [4.69, 9.17) is 13.8 Å². The summed E-state index contributed by atoms with van der Waals surface area (Å²) in [6.07, 6.45) is 86.0. The predicted octanol–water partition coefficient (Wildman–Crippen LogP) is 22.9. The molecule has 3 atom stereocenters. The maximum Gasteiger partial charge on any atom is 0.472 e. The molecule has 0 bridgehead atoms. The number of esters is 1. The number of hydrogen-bond donors (Lipinski definition) is 2. The third-order valence-electron chi connectivity index (χ3n) is 15.8. The largest absolute Gasteiger partial charge is 0.472 e. The first-order valence-electron chi connectivity index (χ1n) is 35.9. The average Bonchev–Trinajstić information content (AvgIpc) is 3.59. The van der Waals surface area contributed by atoms with Crippen molar-refractivity contribution in [1.29, 1.82) is 0 Å². The Kier molecular flexibility index (Phi) is 62.1. The Hall–Kier alpha value is -2.81. The van der Waals surface area contributed by atoms with Crippen LogP contribution in [-0.2, 0) is 27.9 Å². The minimum atomic E-state index is -4.46. The molecule has 0 aliphatic carbocycles. The molecule has 0 aromatic heterocycles. The number of carbonyl (C=O) groups excluding carboxylic acids is 2. The summed E-state index contributed by atoms with van der Waals surface area (Å²) in [5.74, 6) is -0.502. The highest BCUT2D eigenvalue weighted by Gasteiger charge is 2.30. The highest BCUT2D eigenvalue weighted by Crippen LogP contribution is 2.43. The lowest BCUT2D eigenvalue weighted by Gasteiger charge is -2.27. The van der Waals surface area contributed by atoms with Crippen molar-refractivity contribution in [2.75, 3.05) is 40.9 Å². The van der Waals surface area contributed by atoms with Gasteiger partial charge in [0, 0.05) is 12.8 Å². The molecule has 0 aliphatic rings. The van der Waals surface area contributed by atoms with Crippen LogP contribution in [0.2, 0.25) is 0 Å². The van der Waals surface area contributed by atoms with Gasteiger partial charge in [0.25, 0.3) is 0 Å². The zero-order valence-corrected chi connectivity index (χ0v) is 57.5. The molecule has 0 heterocycles. The zero-order chi connectivity index (χ0) is 62.1. The average molecular weight is 1210 g/mol. The van der Waals surface area contributed by atoms with E-state index in [1.807, 2.05) is 33.3 Å². The van der Waals surface area contributed by atoms with Gasteiger partial charge in [-0.05, 0) is 102 Å². The molecular formula is C75H138N2O7P+. The lowest BCUT2D eigenvalue weighted by Crippen LogP contribution is -2.47. The summed E-state index contributed by atoms with van der Waals surface area (Å²) in [5.41, 5.74) is 0. The van der Waals surface area contributed by atoms with Crippen molar-refractivity contribution in [3.63, 3.8) is 0 Å². The van der Waals surface area contributed by atoms with E-state index in [1.54, 1.807) is 0 Å². The van der Waals surface area contributed by atoms with Gasteiger partial charge in [0.15, 0.2) is 0 Å². The maximum absolute atomic E-state index is 13.6. The second-order valence-corrected chi connectivity index (χ2v) is 26.8. The van der Waals surface area contributed by atoms with Crippen molar-refractivity contribution < 1.29 is 37.3 Å². The summed E-state index contributed by atoms with van der Waals surface area (Å²) >= 11 is 0. The Morgan fingerprint density at radius 1 is 0.424 bits per heavy atom. The fourth-order valence-electron chi connectivity index (χ4n) is 10.3. The second-order valence-electron chi connectivity index (χ2n) is 25.4. The first-order chi connectivity index (χ1) is 41.4. The van der Waals surface area contributed by atoms with Gasteiger partial charge < -0.3 is 19.4 Å². The molecule has 2 N–H and O–H groups in total. The Morgan fingerprint density at radius 3 is 1.14 bits per heavy atom. The highest BCUT2D eigenvalue weighted by molar-refractivity contribution is 7.47. The number of carbonyl (C=O) groups is 2. The summed E-state index contributed by atoms with van der Waals surface area (Å²) in [4.78, 5) is 37.9. The lowest BCUT2D eigenvalue weighted by atomic mass is 10.0. The molecule has 0 aromatic carbocycles. The van der Waals surface area contributed by atoms with Gasteiger partial charge >= 0.3 is 13.8 Å². The van der Waals surface area contributed by atoms with Gasteiger partial charge in [-0.15, -0.1) is 0 Å². The number of unbranched alkanes of at least 4 members (excludes halogenated alkanes) is 37. The number of nitrogens with zero attached hydrogens (tertiary/aromatic N) is 1. The molecule has 9 nitrogen and oxygen atoms in total. The van der Waals surface area contributed by atoms with Gasteiger partial charge in [-0.2, -0.15) is 0 Å². The molecule has 0 saturated heterocycles. The van der Waals surface area contributed by atoms with Crippen LogP contribution < -0.4 is 5.32 Å². The summed E-state index contributed by atoms with van der Waals surface area (Å²) in [7, 11) is 1.50. The lowest BCUT2D eigenvalue weighted by molar-refractivity contribution is -0.870. The zero-order valence-electron chi connectivity index (χ0n) is 56.6. The molecule has 0 saturated carbocycles. The molecule has 10 heteroatoms. The summed E-state index contributed by atoms with van der Waals surface area (Å²) in [5, 5.41) is 3.07. The monoisotopic (exact) mass is 1210 g/mol. The Balaban J connectivity index is 5.00. The van der Waals surface area contributed by atoms with E-state index in [2.05, 4.69) is 99.0 Å². The standard InChI is InChI=1S/C75H137N2O7P/c1-7-10-13-16-19-22-25-27-29-31-33-35-36-37-38-39-40-42-44-46-48-50-53-56-59-62-65-68-75(79)84-73(66-63-60-57-54-51-24-21-18-15-12-9-3)72(71-83-85(80,81)82-70-69-77(4,5)6)76-74(78)67-64-61-58-55-52-49-47-45-43-41-34-32-30-28-26-23-20-17-14-11-8-2/h10,13,19,22,27-30,33,35,37-38,63,66,72-73H,7-9,11-12,14-18,20-21,23-26,31-32,34,36,39-62,64-65,67-71H2,1-6H3,(H-,76,78,80,81)/p+1/b13-10-,22-19-,29-27-,30-28+,35-33-,38-37-,66-63-. The van der Waals surface area contributed by atoms with Crippen molar-refractivity contribution in [1.82, 2.24) is 5.32 Å². The topological polar surface area (TPSA) is 111 Å². The maximum atomic E-state index is 13.6. The molecule has 0 aromatic rings. The quantitative estimate of drug-likeness (QED) is 0.0205. The number of ether oxygens (including phenoxy) is 1. The Labute approximate surface area is 526 Å². The predicted molar refractivity (Wildman–Crippen MR) is 369 cm³/mol. The van der Waals surface area contributed by atoms with Crippen LogP contribution in [0.4, 0.5) is 0 Å². The molecule has 1 amide bonds. The van der Waals surface area contributed by atoms with E-state index < -0.39 is 20.0 Å². The first kappa shape index (κ1) is 82.2. The van der Waals surface area contributed by atoms with E-state index in [0.717, 1.165) is 89.9 Å². The van der Waals surface area contributed by atoms with Crippen LogP contribution in [0.3, 0.4) is 0 Å². The van der Waals surface area contributed by atoms with Gasteiger partial charge in [0.2, 0.25) is 5.91 Å². The van der Waals surface area contributed by atoms with E-state index in [0.29, 0.717) is 17.4 Å². The fourth-order valence-corrected chi connectivity index (χ4v) is 11.1. The number of quaternary nitrogens is 1. The first-order valence-corrected chi connectivity index (χ1v) is 37.4. The van der Waals surface area contributed by atoms with Crippen molar-refractivity contribution in [3.05, 3.63) is 85.1 Å². The van der Waals surface area contributed by atoms with Crippen molar-refractivity contribution in [2.45, 2.75) is 341 Å². The number of likely N-dealkylation sites (N-methyl/N-ethyl adjacent to an activating group) is 1. The normalized spacial score (nSPS) is 14.0. The van der Waals surface area contributed by atoms with E-state index >= 15 is 0 Å². The van der Waals surface area contributed by atoms with Crippen molar-refractivity contribution in [2.24, 2.45) is 0 Å². The van der Waals surface area contributed by atoms with Crippen LogP contribution >= 0.6 is 7.82 Å². The molecule has 0 aliphatic heterocycles. The van der Waals surface area contributed by atoms with Crippen LogP contribution in [0.15, 0.2) is 85.1 Å². The molecule has 0 rings (SSSR count). The molecule has 0 fully saturated rings. The van der Waals surface area contributed by atoms with Crippen LogP contribution in [0, 0.1) is 0 Å². The number of hydrogen-bond acceptors (Lipinski definition) is 6. The number of phosphoric ester groups is 1. The molecule has 3 unspecified atom stereocenters. The number of rotatable bonds is 65. The Bertz CT molecular complexity index is 1730. The molecule has 0 spiro atoms. The fraction of sp³-hybridized carbons (Fsp3) is 0.787. The van der Waals surface area contributed by atoms with E-state index in [-0.39, 0.29) is 31.5 Å². The van der Waals surface area contributed by atoms with Crippen molar-refractivity contribution >= 4 is 19.7 Å². The van der Waals surface area contributed by atoms with Gasteiger partial charge in [0.05, 0.1) is 33.8 Å². The summed E-state index contributed by atoms with van der Waals surface area (Å²) in [6.45, 7) is 6.92. The molecule has 494 valence electrons. The van der Waals surface area contributed by atoms with Crippen molar-refractivity contribution in [3.8, 4) is 0 Å². The number of phosphoric acid groups is 1. The van der Waals surface area contributed by atoms with Gasteiger partial charge in [-0.25, -0.2) is 4.57 Å². The molecule has 85 heavy (non-hydrogen) atoms. The van der Waals surface area contributed by atoms with Crippen LogP contribution in [-0.4, -0.2) is 74.3 Å². The van der Waals surface area contributed by atoms with E-state index in [1.165, 1.54) is 205 Å². The summed E-state index contributed by atoms with van der Waals surface area (Å²) in [6, 6.07) is -0.853. The molecular weight excluding hydrogens is 1070 g/mol. The number of amides is 1. The van der Waals surface area contributed by atoms with Crippen LogP contribution in [0.1, 0.15) is 329 Å². The van der Waals surface area contributed by atoms with Gasteiger partial charge in [-0.3, -0.25) is 18.6 Å². The second kappa shape index (κ2) is 64.2. The van der Waals surface area contributed by atoms with Gasteiger partial charge in [-0.1, -0.05) is 299 Å². The molecule has 0 radical (unpaired) electrons. The third-order valence-corrected chi connectivity index (χ3v) is 16.8. The van der Waals surface area contributed by atoms with Crippen LogP contribution in [0.5, 0.6) is 0 Å². The highest BCUT2D eigenvalue weighted by atomic mass is 31.2. The smallest absolute Gasteiger partial charge is 0.456 e. The number of nitrogens with one attached hydrogen (secondary N) is 1. The number of allylic oxidation sites excluding steroid dienone is 13.